The molecule has 9 heteroatoms. The van der Waals surface area contributed by atoms with Gasteiger partial charge in [0.25, 0.3) is 5.91 Å². The molecule has 2 atom stereocenters. The van der Waals surface area contributed by atoms with E-state index in [4.69, 9.17) is 16.3 Å². The molecule has 0 fully saturated rings. The molecular weight excluding hydrogens is 431 g/mol. The van der Waals surface area contributed by atoms with Crippen molar-refractivity contribution in [3.63, 3.8) is 0 Å². The molecule has 0 aliphatic rings. The normalized spacial score (nSPS) is 12.5. The summed E-state index contributed by atoms with van der Waals surface area (Å²) in [6.07, 6.45) is 0. The summed E-state index contributed by atoms with van der Waals surface area (Å²) in [6.45, 7) is 2.98. The van der Waals surface area contributed by atoms with Gasteiger partial charge < -0.3 is 15.4 Å². The molecule has 0 heterocycles. The molecule has 0 aliphatic carbocycles. The quantitative estimate of drug-likeness (QED) is 0.562. The molecule has 30 heavy (non-hydrogen) atoms. The van der Waals surface area contributed by atoms with Crippen molar-refractivity contribution in [3.05, 3.63) is 64.9 Å². The summed E-state index contributed by atoms with van der Waals surface area (Å²) in [5, 5.41) is 5.30. The molecule has 0 aliphatic heterocycles. The minimum absolute atomic E-state index is 0.00738. The van der Waals surface area contributed by atoms with Crippen LogP contribution in [-0.2, 0) is 19.1 Å². The summed E-state index contributed by atoms with van der Waals surface area (Å²) >= 11 is 6.92. The average molecular weight is 453 g/mol. The van der Waals surface area contributed by atoms with Crippen LogP contribution >= 0.6 is 23.4 Å². The Morgan fingerprint density at radius 1 is 1.03 bits per heavy atom. The van der Waals surface area contributed by atoms with Crippen LogP contribution in [0.2, 0.25) is 5.02 Å². The van der Waals surface area contributed by atoms with Gasteiger partial charge in [0.05, 0.1) is 11.8 Å². The lowest BCUT2D eigenvalue weighted by Crippen LogP contribution is -2.32. The molecule has 2 aromatic carbocycles. The Balaban J connectivity index is 1.69. The first-order valence-corrected chi connectivity index (χ1v) is 10.6. The highest BCUT2D eigenvalue weighted by molar-refractivity contribution is 8.01. The van der Waals surface area contributed by atoms with Crippen molar-refractivity contribution in [2.24, 2.45) is 0 Å². The smallest absolute Gasteiger partial charge is 0.319 e. The number of thioether (sulfide) groups is 1. The molecule has 0 saturated heterocycles. The molecule has 0 radical (unpaired) electrons. The standard InChI is InChI=1S/C21H22ClFN2O4S/c1-13(15-3-5-16(22)6-4-15)24-19(26)11-29-21(28)14(2)30-12-20(27)25-18-9-7-17(23)8-10-18/h3-10,13-14H,11-12H2,1-2H3,(H,24,26)(H,25,27). The largest absolute Gasteiger partial charge is 0.455 e. The number of halogens is 2. The maximum Gasteiger partial charge on any atom is 0.319 e. The zero-order chi connectivity index (χ0) is 22.1. The Hall–Kier alpha value is -2.58. The van der Waals surface area contributed by atoms with Gasteiger partial charge in [-0.15, -0.1) is 11.8 Å². The molecule has 2 N–H and O–H groups in total. The van der Waals surface area contributed by atoms with Crippen molar-refractivity contribution in [1.29, 1.82) is 0 Å². The number of ether oxygens (including phenoxy) is 1. The Labute approximate surface area is 183 Å². The van der Waals surface area contributed by atoms with Crippen molar-refractivity contribution in [1.82, 2.24) is 5.32 Å². The van der Waals surface area contributed by atoms with Gasteiger partial charge in [0.1, 0.15) is 11.1 Å². The first kappa shape index (κ1) is 23.7. The molecule has 2 amide bonds. The van der Waals surface area contributed by atoms with Gasteiger partial charge in [-0.3, -0.25) is 14.4 Å². The Kier molecular flexibility index (Phi) is 9.14. The van der Waals surface area contributed by atoms with Gasteiger partial charge in [0.2, 0.25) is 5.91 Å². The Morgan fingerprint density at radius 2 is 1.67 bits per heavy atom. The van der Waals surface area contributed by atoms with Crippen molar-refractivity contribution < 1.29 is 23.5 Å². The van der Waals surface area contributed by atoms with E-state index in [9.17, 15) is 18.8 Å². The highest BCUT2D eigenvalue weighted by atomic mass is 35.5. The number of carbonyl (C=O) groups is 3. The third-order valence-electron chi connectivity index (χ3n) is 4.02. The maximum absolute atomic E-state index is 12.9. The summed E-state index contributed by atoms with van der Waals surface area (Å²) in [7, 11) is 0. The maximum atomic E-state index is 12.9. The van der Waals surface area contributed by atoms with Crippen LogP contribution in [0.5, 0.6) is 0 Å². The van der Waals surface area contributed by atoms with Crippen LogP contribution in [-0.4, -0.2) is 35.4 Å². The van der Waals surface area contributed by atoms with E-state index in [2.05, 4.69) is 10.6 Å². The van der Waals surface area contributed by atoms with E-state index in [-0.39, 0.29) is 17.7 Å². The zero-order valence-electron chi connectivity index (χ0n) is 16.5. The molecule has 0 aromatic heterocycles. The average Bonchev–Trinajstić information content (AvgIpc) is 2.72. The van der Waals surface area contributed by atoms with Crippen LogP contribution in [0.25, 0.3) is 0 Å². The van der Waals surface area contributed by atoms with Crippen molar-refractivity contribution in [2.45, 2.75) is 25.1 Å². The lowest BCUT2D eigenvalue weighted by molar-refractivity contribution is -0.147. The van der Waals surface area contributed by atoms with Crippen LogP contribution in [0.15, 0.2) is 48.5 Å². The summed E-state index contributed by atoms with van der Waals surface area (Å²) < 4.78 is 17.9. The molecule has 2 rings (SSSR count). The van der Waals surface area contributed by atoms with E-state index in [1.54, 1.807) is 38.1 Å². The van der Waals surface area contributed by atoms with E-state index in [0.717, 1.165) is 17.3 Å². The van der Waals surface area contributed by atoms with Crippen LogP contribution in [0.3, 0.4) is 0 Å². The lowest BCUT2D eigenvalue weighted by Gasteiger charge is -2.15. The zero-order valence-corrected chi connectivity index (χ0v) is 18.1. The fraction of sp³-hybridized carbons (Fsp3) is 0.286. The number of amides is 2. The molecule has 0 saturated carbocycles. The summed E-state index contributed by atoms with van der Waals surface area (Å²) in [5.41, 5.74) is 1.33. The number of carbonyl (C=O) groups excluding carboxylic acids is 3. The molecule has 6 nitrogen and oxygen atoms in total. The highest BCUT2D eigenvalue weighted by Gasteiger charge is 2.19. The minimum Gasteiger partial charge on any atom is -0.455 e. The number of nitrogens with one attached hydrogen (secondary N) is 2. The molecule has 0 spiro atoms. The van der Waals surface area contributed by atoms with Crippen LogP contribution in [0.4, 0.5) is 10.1 Å². The third-order valence-corrected chi connectivity index (χ3v) is 5.39. The first-order chi connectivity index (χ1) is 14.2. The second-order valence-electron chi connectivity index (χ2n) is 6.46. The fourth-order valence-corrected chi connectivity index (χ4v) is 3.17. The SMILES string of the molecule is CC(SCC(=O)Nc1ccc(F)cc1)C(=O)OCC(=O)NC(C)c1ccc(Cl)cc1. The number of benzene rings is 2. The molecular formula is C21H22ClFN2O4S. The van der Waals surface area contributed by atoms with Gasteiger partial charge >= 0.3 is 5.97 Å². The van der Waals surface area contributed by atoms with E-state index in [1.807, 2.05) is 0 Å². The predicted molar refractivity (Wildman–Crippen MR) is 116 cm³/mol. The van der Waals surface area contributed by atoms with Crippen molar-refractivity contribution in [2.75, 3.05) is 17.7 Å². The predicted octanol–water partition coefficient (Wildman–Crippen LogP) is 3.96. The number of hydrogen-bond donors (Lipinski definition) is 2. The van der Waals surface area contributed by atoms with E-state index >= 15 is 0 Å². The Bertz CT molecular complexity index is 878. The number of rotatable bonds is 9. The van der Waals surface area contributed by atoms with Crippen LogP contribution in [0, 0.1) is 5.82 Å². The first-order valence-electron chi connectivity index (χ1n) is 9.13. The van der Waals surface area contributed by atoms with Gasteiger partial charge in [-0.2, -0.15) is 0 Å². The number of esters is 1. The number of hydrogen-bond acceptors (Lipinski definition) is 5. The lowest BCUT2D eigenvalue weighted by atomic mass is 10.1. The van der Waals surface area contributed by atoms with Crippen LogP contribution < -0.4 is 10.6 Å². The number of anilines is 1. The second-order valence-corrected chi connectivity index (χ2v) is 8.22. The van der Waals surface area contributed by atoms with Gasteiger partial charge in [-0.25, -0.2) is 4.39 Å². The van der Waals surface area contributed by atoms with Crippen LogP contribution in [0.1, 0.15) is 25.5 Å². The van der Waals surface area contributed by atoms with Crippen molar-refractivity contribution >= 4 is 46.8 Å². The summed E-state index contributed by atoms with van der Waals surface area (Å²) in [4.78, 5) is 36.0. The van der Waals surface area contributed by atoms with E-state index in [1.165, 1.54) is 24.3 Å². The molecule has 160 valence electrons. The fourth-order valence-electron chi connectivity index (χ4n) is 2.37. The van der Waals surface area contributed by atoms with Crippen molar-refractivity contribution in [3.8, 4) is 0 Å². The minimum atomic E-state index is -0.634. The highest BCUT2D eigenvalue weighted by Crippen LogP contribution is 2.16. The van der Waals surface area contributed by atoms with E-state index in [0.29, 0.717) is 10.7 Å². The van der Waals surface area contributed by atoms with Gasteiger partial charge in [0.15, 0.2) is 6.61 Å². The molecule has 0 bridgehead atoms. The van der Waals surface area contributed by atoms with Gasteiger partial charge in [-0.1, -0.05) is 23.7 Å². The Morgan fingerprint density at radius 3 is 2.30 bits per heavy atom. The van der Waals surface area contributed by atoms with Gasteiger partial charge in [0, 0.05) is 10.7 Å². The van der Waals surface area contributed by atoms with E-state index < -0.39 is 29.6 Å². The topological polar surface area (TPSA) is 84.5 Å². The second kappa shape index (κ2) is 11.6. The monoisotopic (exact) mass is 452 g/mol. The third kappa shape index (κ3) is 8.04. The molecule has 2 unspecified atom stereocenters. The summed E-state index contributed by atoms with van der Waals surface area (Å²) in [6, 6.07) is 12.1. The van der Waals surface area contributed by atoms with Gasteiger partial charge in [-0.05, 0) is 55.8 Å². The summed E-state index contributed by atoms with van der Waals surface area (Å²) in [5.74, 6) is -1.75. The molecule has 2 aromatic rings.